The first kappa shape index (κ1) is 21.0. The fourth-order valence-corrected chi connectivity index (χ4v) is 7.70. The summed E-state index contributed by atoms with van der Waals surface area (Å²) in [5.41, 5.74) is 3.00. The minimum atomic E-state index is 0.0655. The van der Waals surface area contributed by atoms with Gasteiger partial charge in [0.15, 0.2) is 0 Å². The molecule has 0 N–H and O–H groups in total. The Hall–Kier alpha value is -1.84. The van der Waals surface area contributed by atoms with Crippen molar-refractivity contribution in [1.82, 2.24) is 9.88 Å². The fraction of sp³-hybridized carbons (Fsp3) is 0.704. The average Bonchev–Trinajstić information content (AvgIpc) is 3.05. The van der Waals surface area contributed by atoms with E-state index in [2.05, 4.69) is 42.8 Å². The van der Waals surface area contributed by atoms with Crippen LogP contribution in [-0.4, -0.2) is 34.5 Å². The second-order valence-corrected chi connectivity index (χ2v) is 10.8. The van der Waals surface area contributed by atoms with Crippen LogP contribution in [-0.2, 0) is 4.79 Å². The van der Waals surface area contributed by atoms with Gasteiger partial charge in [-0.15, -0.1) is 0 Å². The smallest absolute Gasteiger partial charge is 0.223 e. The van der Waals surface area contributed by atoms with E-state index < -0.39 is 0 Å². The summed E-state index contributed by atoms with van der Waals surface area (Å²) in [7, 11) is 0. The number of allylic oxidation sites excluding steroid dienone is 2. The number of hydrogen-bond acceptors (Lipinski definition) is 3. The molecule has 4 heteroatoms. The average molecular weight is 423 g/mol. The summed E-state index contributed by atoms with van der Waals surface area (Å²) in [6.07, 6.45) is 16.4. The molecule has 31 heavy (non-hydrogen) atoms. The first-order valence-corrected chi connectivity index (χ1v) is 12.6. The van der Waals surface area contributed by atoms with Crippen LogP contribution in [0.4, 0.5) is 0 Å². The van der Waals surface area contributed by atoms with E-state index in [1.54, 1.807) is 0 Å². The molecule has 2 saturated heterocycles. The Balaban J connectivity index is 1.41. The van der Waals surface area contributed by atoms with E-state index in [9.17, 15) is 4.79 Å². The van der Waals surface area contributed by atoms with Crippen LogP contribution in [0.25, 0.3) is 5.57 Å². The van der Waals surface area contributed by atoms with E-state index in [0.717, 1.165) is 44.6 Å². The molecule has 168 valence electrons. The lowest BCUT2D eigenvalue weighted by molar-refractivity contribution is -0.150. The van der Waals surface area contributed by atoms with Gasteiger partial charge in [-0.2, -0.15) is 0 Å². The van der Waals surface area contributed by atoms with E-state index in [-0.39, 0.29) is 11.0 Å². The van der Waals surface area contributed by atoms with Crippen molar-refractivity contribution in [1.29, 1.82) is 0 Å². The minimum absolute atomic E-state index is 0.0655. The molecular formula is C27H38N2O2. The van der Waals surface area contributed by atoms with Gasteiger partial charge in [-0.1, -0.05) is 26.3 Å². The summed E-state index contributed by atoms with van der Waals surface area (Å²) in [5, 5.41) is 0. The van der Waals surface area contributed by atoms with Crippen molar-refractivity contribution >= 4 is 11.5 Å². The summed E-state index contributed by atoms with van der Waals surface area (Å²) in [5.74, 6) is 3.34. The van der Waals surface area contributed by atoms with Crippen molar-refractivity contribution in [3.63, 3.8) is 0 Å². The maximum Gasteiger partial charge on any atom is 0.223 e. The molecule has 5 rings (SSSR count). The first-order valence-electron chi connectivity index (χ1n) is 12.6. The predicted molar refractivity (Wildman–Crippen MR) is 124 cm³/mol. The van der Waals surface area contributed by atoms with Gasteiger partial charge in [-0.25, -0.2) is 0 Å². The van der Waals surface area contributed by atoms with Crippen LogP contribution in [0.3, 0.4) is 0 Å². The van der Waals surface area contributed by atoms with Crippen molar-refractivity contribution < 1.29 is 9.53 Å². The van der Waals surface area contributed by atoms with Crippen LogP contribution in [0, 0.1) is 23.2 Å². The highest BCUT2D eigenvalue weighted by molar-refractivity contribution is 5.78. The Morgan fingerprint density at radius 2 is 2.03 bits per heavy atom. The molecule has 2 aliphatic carbocycles. The number of ether oxygens (including phenoxy) is 1. The Morgan fingerprint density at radius 1 is 1.16 bits per heavy atom. The third kappa shape index (κ3) is 3.32. The Kier molecular flexibility index (Phi) is 5.38. The molecule has 4 nitrogen and oxygen atoms in total. The molecule has 0 bridgehead atoms. The Labute approximate surface area is 187 Å². The van der Waals surface area contributed by atoms with Gasteiger partial charge in [0, 0.05) is 24.7 Å². The van der Waals surface area contributed by atoms with E-state index in [1.165, 1.54) is 43.2 Å². The summed E-state index contributed by atoms with van der Waals surface area (Å²) < 4.78 is 5.88. The van der Waals surface area contributed by atoms with Gasteiger partial charge in [-0.3, -0.25) is 9.78 Å². The summed E-state index contributed by atoms with van der Waals surface area (Å²) in [4.78, 5) is 19.7. The van der Waals surface area contributed by atoms with Gasteiger partial charge < -0.3 is 9.64 Å². The summed E-state index contributed by atoms with van der Waals surface area (Å²) in [6.45, 7) is 8.74. The number of piperidine rings is 1. The zero-order valence-corrected chi connectivity index (χ0v) is 19.5. The van der Waals surface area contributed by atoms with Gasteiger partial charge in [0.2, 0.25) is 5.91 Å². The third-order valence-electron chi connectivity index (χ3n) is 9.24. The van der Waals surface area contributed by atoms with Crippen molar-refractivity contribution in [2.75, 3.05) is 13.2 Å². The topological polar surface area (TPSA) is 42.4 Å². The highest BCUT2D eigenvalue weighted by atomic mass is 16.5. The van der Waals surface area contributed by atoms with Crippen molar-refractivity contribution in [3.05, 3.63) is 30.1 Å². The second-order valence-electron chi connectivity index (χ2n) is 10.8. The number of carbonyl (C=O) groups excluding carboxylic acids is 1. The molecule has 0 radical (unpaired) electrons. The molecule has 1 saturated carbocycles. The number of aromatic nitrogens is 1. The first-order chi connectivity index (χ1) is 15.0. The van der Waals surface area contributed by atoms with Crippen LogP contribution in [0.1, 0.15) is 84.1 Å². The molecule has 1 aromatic heterocycles. The Bertz CT molecular complexity index is 880. The Morgan fingerprint density at radius 3 is 2.87 bits per heavy atom. The third-order valence-corrected chi connectivity index (χ3v) is 9.24. The number of amides is 1. The lowest BCUT2D eigenvalue weighted by Crippen LogP contribution is -2.62. The number of pyridine rings is 1. The van der Waals surface area contributed by atoms with Gasteiger partial charge in [-0.05, 0) is 92.2 Å². The maximum absolute atomic E-state index is 12.9. The molecule has 3 fully saturated rings. The van der Waals surface area contributed by atoms with Gasteiger partial charge >= 0.3 is 0 Å². The second kappa shape index (κ2) is 7.94. The monoisotopic (exact) mass is 422 g/mol. The molecule has 1 aromatic rings. The van der Waals surface area contributed by atoms with Crippen molar-refractivity contribution in [2.45, 2.75) is 84.1 Å². The van der Waals surface area contributed by atoms with Gasteiger partial charge in [0.1, 0.15) is 5.75 Å². The highest BCUT2D eigenvalue weighted by Crippen LogP contribution is 2.63. The molecule has 0 aromatic carbocycles. The number of nitrogens with zero attached hydrogens (tertiary/aromatic N) is 2. The highest BCUT2D eigenvalue weighted by Gasteiger charge is 2.58. The van der Waals surface area contributed by atoms with E-state index in [4.69, 9.17) is 4.74 Å². The predicted octanol–water partition coefficient (Wildman–Crippen LogP) is 5.87. The lowest BCUT2D eigenvalue weighted by atomic mass is 9.52. The number of fused-ring (bicyclic) bond motifs is 5. The zero-order valence-electron chi connectivity index (χ0n) is 19.5. The van der Waals surface area contributed by atoms with Crippen LogP contribution in [0.5, 0.6) is 5.75 Å². The van der Waals surface area contributed by atoms with E-state index >= 15 is 0 Å². The minimum Gasteiger partial charge on any atom is -0.492 e. The van der Waals surface area contributed by atoms with Crippen molar-refractivity contribution in [2.24, 2.45) is 23.2 Å². The molecule has 3 heterocycles. The molecule has 2 unspecified atom stereocenters. The molecule has 5 atom stereocenters. The van der Waals surface area contributed by atoms with E-state index in [0.29, 0.717) is 23.7 Å². The van der Waals surface area contributed by atoms with Crippen molar-refractivity contribution in [3.8, 4) is 5.75 Å². The van der Waals surface area contributed by atoms with Crippen LogP contribution in [0.2, 0.25) is 0 Å². The maximum atomic E-state index is 12.9. The van der Waals surface area contributed by atoms with Crippen LogP contribution < -0.4 is 4.74 Å². The largest absolute Gasteiger partial charge is 0.492 e. The molecular weight excluding hydrogens is 384 g/mol. The molecule has 0 spiro atoms. The van der Waals surface area contributed by atoms with Crippen LogP contribution in [0.15, 0.2) is 24.5 Å². The fourth-order valence-electron chi connectivity index (χ4n) is 7.70. The van der Waals surface area contributed by atoms with Crippen LogP contribution >= 0.6 is 0 Å². The number of hydrogen-bond donors (Lipinski definition) is 0. The number of carbonyl (C=O) groups is 1. The lowest BCUT2D eigenvalue weighted by Gasteiger charge is -2.59. The SMILES string of the molecule is CCCOc1cncc(C2=CCC3[C@@H]4CCN5C(=O)CCCC[C@]5(C)C4CC[C@]23C)c1. The quantitative estimate of drug-likeness (QED) is 0.609. The molecule has 2 aliphatic heterocycles. The standard InChI is InChI=1S/C27H38N2O2/c1-4-15-31-20-16-19(17-28-18-20)22-8-9-23-21-11-14-29-25(30)7-5-6-12-27(29,3)24(21)10-13-26(22,23)2/h8,16-18,21,23-24H,4-7,9-15H2,1-3H3/t21-,23?,24?,26+,27+/m0/s1. The zero-order chi connectivity index (χ0) is 21.6. The van der Waals surface area contributed by atoms with Gasteiger partial charge in [0.05, 0.1) is 12.8 Å². The summed E-state index contributed by atoms with van der Waals surface area (Å²) >= 11 is 0. The molecule has 1 amide bonds. The molecule has 4 aliphatic rings. The van der Waals surface area contributed by atoms with Gasteiger partial charge in [0.25, 0.3) is 0 Å². The van der Waals surface area contributed by atoms with E-state index in [1.807, 2.05) is 12.4 Å². The number of rotatable bonds is 4. The summed E-state index contributed by atoms with van der Waals surface area (Å²) in [6, 6.07) is 2.20. The normalized spacial score (nSPS) is 37.4.